The van der Waals surface area contributed by atoms with Gasteiger partial charge in [0.1, 0.15) is 6.10 Å². The summed E-state index contributed by atoms with van der Waals surface area (Å²) in [6, 6.07) is 0. The van der Waals surface area contributed by atoms with Crippen molar-refractivity contribution in [1.82, 2.24) is 5.32 Å². The van der Waals surface area contributed by atoms with Crippen LogP contribution in [0, 0.1) is 0 Å². The molecular formula is C27H56NO6P. The number of carbonyl (C=O) groups excluding carboxylic acids is 1. The number of ether oxygens (including phenoxy) is 2. The van der Waals surface area contributed by atoms with Gasteiger partial charge in [-0.25, -0.2) is 0 Å². The third-order valence-electron chi connectivity index (χ3n) is 6.11. The Balaban J connectivity index is 3.67. The quantitative estimate of drug-likeness (QED) is 0.0682. The molecule has 2 N–H and O–H groups in total. The van der Waals surface area contributed by atoms with E-state index >= 15 is 0 Å². The predicted molar refractivity (Wildman–Crippen MR) is 145 cm³/mol. The minimum absolute atomic E-state index is 0.0987. The number of hydrogen-bond acceptors (Lipinski definition) is 6. The number of esters is 1. The average Bonchev–Trinajstić information content (AvgIpc) is 2.82. The summed E-state index contributed by atoms with van der Waals surface area (Å²) in [6.45, 7) is 5.03. The zero-order valence-electron chi connectivity index (χ0n) is 23.1. The average molecular weight is 522 g/mol. The van der Waals surface area contributed by atoms with Gasteiger partial charge in [-0.1, -0.05) is 96.8 Å². The second-order valence-corrected chi connectivity index (χ2v) is 11.7. The van der Waals surface area contributed by atoms with Crippen LogP contribution in [0.2, 0.25) is 0 Å². The van der Waals surface area contributed by atoms with Crippen molar-refractivity contribution >= 4 is 13.6 Å². The lowest BCUT2D eigenvalue weighted by molar-refractivity contribution is -0.151. The maximum Gasteiger partial charge on any atom is 0.328 e. The molecule has 0 aromatic rings. The van der Waals surface area contributed by atoms with E-state index in [9.17, 15) is 14.3 Å². The molecule has 0 fully saturated rings. The van der Waals surface area contributed by atoms with Crippen molar-refractivity contribution in [3.63, 3.8) is 0 Å². The zero-order chi connectivity index (χ0) is 26.0. The Kier molecular flexibility index (Phi) is 24.9. The first-order valence-corrected chi connectivity index (χ1v) is 16.0. The fourth-order valence-electron chi connectivity index (χ4n) is 4.02. The molecule has 2 atom stereocenters. The molecule has 0 aromatic carbocycles. The van der Waals surface area contributed by atoms with E-state index < -0.39 is 19.7 Å². The van der Waals surface area contributed by atoms with Gasteiger partial charge >= 0.3 is 13.6 Å². The second kappa shape index (κ2) is 25.2. The third-order valence-corrected chi connectivity index (χ3v) is 7.54. The monoisotopic (exact) mass is 521 g/mol. The first-order valence-electron chi connectivity index (χ1n) is 14.3. The summed E-state index contributed by atoms with van der Waals surface area (Å²) in [5.41, 5.74) is 0. The summed E-state index contributed by atoms with van der Waals surface area (Å²) < 4.78 is 28.2. The number of nitrogens with one attached hydrogen (secondary N) is 1. The smallest absolute Gasteiger partial charge is 0.328 e. The Morgan fingerprint density at radius 1 is 0.800 bits per heavy atom. The summed E-state index contributed by atoms with van der Waals surface area (Å²) in [6.07, 6.45) is 20.6. The molecule has 0 rings (SSSR count). The molecule has 7 nitrogen and oxygen atoms in total. The van der Waals surface area contributed by atoms with Crippen LogP contribution in [-0.4, -0.2) is 56.5 Å². The Morgan fingerprint density at radius 3 is 1.80 bits per heavy atom. The van der Waals surface area contributed by atoms with E-state index in [-0.39, 0.29) is 19.4 Å². The molecule has 2 unspecified atom stereocenters. The van der Waals surface area contributed by atoms with Gasteiger partial charge in [0.2, 0.25) is 0 Å². The summed E-state index contributed by atoms with van der Waals surface area (Å²) in [7, 11) is -1.84. The molecule has 0 heterocycles. The minimum atomic E-state index is -3.68. The first kappa shape index (κ1) is 34.5. The molecule has 0 aliphatic rings. The first-order chi connectivity index (χ1) is 16.9. The highest BCUT2D eigenvalue weighted by Crippen LogP contribution is 2.42. The number of carbonyl (C=O) groups is 1. The summed E-state index contributed by atoms with van der Waals surface area (Å²) >= 11 is 0. The molecule has 0 bridgehead atoms. The lowest BCUT2D eigenvalue weighted by Gasteiger charge is -2.19. The number of unbranched alkanes of at least 4 members (excludes halogenated alkanes) is 15. The van der Waals surface area contributed by atoms with E-state index in [0.29, 0.717) is 13.0 Å². The standard InChI is InChI=1S/C27H56NO6P/c1-4-5-6-7-8-9-10-11-12-13-14-15-16-17-19-22-32-24-27(34-26(2)29)25-33-35(30,31)23-20-18-21-28-3/h27-28H,4-25H2,1-3H3,(H,30,31). The summed E-state index contributed by atoms with van der Waals surface area (Å²) in [5.74, 6) is -0.448. The van der Waals surface area contributed by atoms with Gasteiger partial charge in [0.15, 0.2) is 0 Å². The Bertz CT molecular complexity index is 520. The van der Waals surface area contributed by atoms with Gasteiger partial charge in [-0.05, 0) is 32.9 Å². The molecule has 8 heteroatoms. The molecule has 0 aliphatic carbocycles. The molecular weight excluding hydrogens is 465 g/mol. The van der Waals surface area contributed by atoms with Crippen molar-refractivity contribution in [2.75, 3.05) is 39.6 Å². The maximum atomic E-state index is 12.1. The number of rotatable bonds is 27. The van der Waals surface area contributed by atoms with Crippen LogP contribution < -0.4 is 5.32 Å². The van der Waals surface area contributed by atoms with Crippen LogP contribution in [0.25, 0.3) is 0 Å². The molecule has 210 valence electrons. The Hall–Kier alpha value is -0.460. The molecule has 35 heavy (non-hydrogen) atoms. The molecule has 0 amide bonds. The molecule has 0 spiro atoms. The van der Waals surface area contributed by atoms with Gasteiger partial charge in [-0.2, -0.15) is 0 Å². The lowest BCUT2D eigenvalue weighted by Crippen LogP contribution is -2.27. The van der Waals surface area contributed by atoms with Crippen molar-refractivity contribution in [3.05, 3.63) is 0 Å². The van der Waals surface area contributed by atoms with Crippen LogP contribution in [0.4, 0.5) is 0 Å². The fraction of sp³-hybridized carbons (Fsp3) is 0.963. The topological polar surface area (TPSA) is 94.1 Å². The van der Waals surface area contributed by atoms with Crippen molar-refractivity contribution in [3.8, 4) is 0 Å². The minimum Gasteiger partial charge on any atom is -0.458 e. The van der Waals surface area contributed by atoms with E-state index in [1.807, 2.05) is 7.05 Å². The van der Waals surface area contributed by atoms with Gasteiger partial charge in [-0.3, -0.25) is 9.36 Å². The van der Waals surface area contributed by atoms with E-state index in [1.54, 1.807) is 0 Å². The summed E-state index contributed by atoms with van der Waals surface area (Å²) in [5, 5.41) is 3.00. The van der Waals surface area contributed by atoms with E-state index in [0.717, 1.165) is 25.8 Å². The Morgan fingerprint density at radius 2 is 1.31 bits per heavy atom. The van der Waals surface area contributed by atoms with Crippen molar-refractivity contribution in [2.45, 2.75) is 129 Å². The molecule has 0 aliphatic heterocycles. The van der Waals surface area contributed by atoms with Crippen molar-refractivity contribution < 1.29 is 28.3 Å². The lowest BCUT2D eigenvalue weighted by atomic mass is 10.0. The van der Waals surface area contributed by atoms with Gasteiger partial charge in [0, 0.05) is 13.5 Å². The normalized spacial score (nSPS) is 14.1. The maximum absolute atomic E-state index is 12.1. The van der Waals surface area contributed by atoms with E-state index in [2.05, 4.69) is 12.2 Å². The predicted octanol–water partition coefficient (Wildman–Crippen LogP) is 7.01. The Labute approximate surface area is 216 Å². The van der Waals surface area contributed by atoms with Crippen LogP contribution >= 0.6 is 7.60 Å². The van der Waals surface area contributed by atoms with Crippen LogP contribution in [0.15, 0.2) is 0 Å². The number of hydrogen-bond donors (Lipinski definition) is 2. The zero-order valence-corrected chi connectivity index (χ0v) is 24.0. The van der Waals surface area contributed by atoms with Gasteiger partial charge in [0.25, 0.3) is 0 Å². The highest BCUT2D eigenvalue weighted by molar-refractivity contribution is 7.52. The highest BCUT2D eigenvalue weighted by atomic mass is 31.2. The van der Waals surface area contributed by atoms with Gasteiger partial charge < -0.3 is 24.2 Å². The van der Waals surface area contributed by atoms with Crippen LogP contribution in [0.1, 0.15) is 123 Å². The van der Waals surface area contributed by atoms with Crippen LogP contribution in [0.5, 0.6) is 0 Å². The highest BCUT2D eigenvalue weighted by Gasteiger charge is 2.22. The molecule has 0 aromatic heterocycles. The molecule has 0 saturated carbocycles. The van der Waals surface area contributed by atoms with Crippen LogP contribution in [0.3, 0.4) is 0 Å². The fourth-order valence-corrected chi connectivity index (χ4v) is 5.17. The summed E-state index contributed by atoms with van der Waals surface area (Å²) in [4.78, 5) is 21.3. The van der Waals surface area contributed by atoms with Crippen molar-refractivity contribution in [2.24, 2.45) is 0 Å². The second-order valence-electron chi connectivity index (χ2n) is 9.72. The van der Waals surface area contributed by atoms with Gasteiger partial charge in [-0.15, -0.1) is 0 Å². The third kappa shape index (κ3) is 26.4. The SMILES string of the molecule is CCCCCCCCCCCCCCCCCOCC(COP(=O)(O)CCCCNC)OC(C)=O. The largest absolute Gasteiger partial charge is 0.458 e. The van der Waals surface area contributed by atoms with Crippen molar-refractivity contribution in [1.29, 1.82) is 0 Å². The molecule has 0 saturated heterocycles. The van der Waals surface area contributed by atoms with E-state index in [4.69, 9.17) is 14.0 Å². The van der Waals surface area contributed by atoms with Crippen LogP contribution in [-0.2, 0) is 23.4 Å². The molecule has 0 radical (unpaired) electrons. The van der Waals surface area contributed by atoms with E-state index in [1.165, 1.54) is 90.4 Å². The van der Waals surface area contributed by atoms with Gasteiger partial charge in [0.05, 0.1) is 19.4 Å².